The van der Waals surface area contributed by atoms with Gasteiger partial charge in [-0.15, -0.1) is 0 Å². The second-order valence-corrected chi connectivity index (χ2v) is 14.2. The number of hydrogen-bond acceptors (Lipinski definition) is 4. The molecule has 0 unspecified atom stereocenters. The highest BCUT2D eigenvalue weighted by atomic mass is 16.6. The van der Waals surface area contributed by atoms with Gasteiger partial charge in [0.15, 0.2) is 11.5 Å². The summed E-state index contributed by atoms with van der Waals surface area (Å²) in [6.07, 6.45) is 0. The van der Waals surface area contributed by atoms with Crippen LogP contribution in [0, 0.1) is 0 Å². The summed E-state index contributed by atoms with van der Waals surface area (Å²) in [7, 11) is 0. The zero-order valence-electron chi connectivity index (χ0n) is 27.4. The summed E-state index contributed by atoms with van der Waals surface area (Å²) in [6.45, 7) is 9.26. The minimum atomic E-state index is -0.0705. The lowest BCUT2D eigenvalue weighted by molar-refractivity contribution is 0.367. The maximum absolute atomic E-state index is 6.79. The van der Waals surface area contributed by atoms with Crippen LogP contribution in [0.15, 0.2) is 145 Å². The lowest BCUT2D eigenvalue weighted by atomic mass is 9.82. The Kier molecular flexibility index (Phi) is 5.37. The predicted molar refractivity (Wildman–Crippen MR) is 193 cm³/mol. The number of benzene rings is 6. The van der Waals surface area contributed by atoms with Crippen LogP contribution in [-0.2, 0) is 10.8 Å². The van der Waals surface area contributed by atoms with Gasteiger partial charge in [-0.25, -0.2) is 0 Å². The molecule has 0 spiro atoms. The first-order valence-corrected chi connectivity index (χ1v) is 16.7. The Hall–Kier alpha value is -5.74. The highest BCUT2D eigenvalue weighted by Crippen LogP contribution is 2.55. The number of rotatable bonds is 2. The molecule has 10 rings (SSSR count). The van der Waals surface area contributed by atoms with E-state index in [1.807, 2.05) is 24.3 Å². The molecule has 0 saturated heterocycles. The van der Waals surface area contributed by atoms with Crippen molar-refractivity contribution in [3.8, 4) is 33.8 Å². The maximum atomic E-state index is 6.79. The van der Waals surface area contributed by atoms with E-state index in [-0.39, 0.29) is 10.8 Å². The molecule has 4 aliphatic rings. The molecule has 0 atom stereocenters. The average molecular weight is 623 g/mol. The summed E-state index contributed by atoms with van der Waals surface area (Å²) in [6, 6.07) is 47.7. The smallest absolute Gasteiger partial charge is 0.268 e. The molecule has 0 amide bonds. The van der Waals surface area contributed by atoms with Gasteiger partial charge in [-0.2, -0.15) is 0 Å². The summed E-state index contributed by atoms with van der Waals surface area (Å²) in [4.78, 5) is 4.42. The maximum Gasteiger partial charge on any atom is 0.268 e. The Balaban J connectivity index is 1.18. The van der Waals surface area contributed by atoms with Gasteiger partial charge in [0.1, 0.15) is 0 Å². The molecule has 48 heavy (non-hydrogen) atoms. The number of ether oxygens (including phenoxy) is 2. The standard InChI is InChI=1S/C44H34N2O2/c1-43(2)33-15-7-5-13-29(33)31-25-27(21-23-35(31)43)45-37-17-9-11-19-39(37)47-41(45)42-46(38-18-10-12-20-40(38)48-42)28-22-24-36-32(26-28)30-14-6-8-16-34(30)44(36,3)4/h5-26H,1-4H3/b42-41+. The monoisotopic (exact) mass is 622 g/mol. The fraction of sp³-hybridized carbons (Fsp3) is 0.136. The number of anilines is 4. The molecular formula is C44H34N2O2. The Morgan fingerprint density at radius 1 is 0.396 bits per heavy atom. The highest BCUT2D eigenvalue weighted by Gasteiger charge is 2.42. The summed E-state index contributed by atoms with van der Waals surface area (Å²) in [5.74, 6) is 2.87. The molecular weight excluding hydrogens is 588 g/mol. The second kappa shape index (κ2) is 9.42. The number of nitrogens with zero attached hydrogens (tertiary/aromatic N) is 2. The van der Waals surface area contributed by atoms with Crippen LogP contribution in [0.5, 0.6) is 11.5 Å². The molecule has 6 aromatic carbocycles. The molecule has 0 radical (unpaired) electrons. The number of para-hydroxylation sites is 4. The van der Waals surface area contributed by atoms with E-state index in [1.54, 1.807) is 0 Å². The topological polar surface area (TPSA) is 24.9 Å². The van der Waals surface area contributed by atoms with E-state index in [9.17, 15) is 0 Å². The molecule has 232 valence electrons. The van der Waals surface area contributed by atoms with Gasteiger partial charge in [0.25, 0.3) is 11.8 Å². The molecule has 0 N–H and O–H groups in total. The normalized spacial score (nSPS) is 18.3. The Morgan fingerprint density at radius 3 is 1.23 bits per heavy atom. The molecule has 0 fully saturated rings. The van der Waals surface area contributed by atoms with E-state index < -0.39 is 0 Å². The van der Waals surface area contributed by atoms with Crippen molar-refractivity contribution in [1.29, 1.82) is 0 Å². The van der Waals surface area contributed by atoms with Crippen LogP contribution in [0.25, 0.3) is 22.3 Å². The van der Waals surface area contributed by atoms with Crippen LogP contribution in [0.1, 0.15) is 49.9 Å². The highest BCUT2D eigenvalue weighted by molar-refractivity contribution is 5.89. The largest absolute Gasteiger partial charge is 0.433 e. The summed E-state index contributed by atoms with van der Waals surface area (Å²) in [5, 5.41) is 0. The molecule has 6 aromatic rings. The van der Waals surface area contributed by atoms with Crippen LogP contribution in [0.3, 0.4) is 0 Å². The zero-order valence-corrected chi connectivity index (χ0v) is 27.4. The van der Waals surface area contributed by atoms with Gasteiger partial charge in [0.05, 0.1) is 22.7 Å². The van der Waals surface area contributed by atoms with Gasteiger partial charge < -0.3 is 9.47 Å². The van der Waals surface area contributed by atoms with E-state index >= 15 is 0 Å². The van der Waals surface area contributed by atoms with Gasteiger partial charge in [-0.05, 0) is 93.0 Å². The molecule has 2 heterocycles. The van der Waals surface area contributed by atoms with E-state index in [0.29, 0.717) is 11.8 Å². The van der Waals surface area contributed by atoms with Crippen LogP contribution in [0.2, 0.25) is 0 Å². The van der Waals surface area contributed by atoms with Gasteiger partial charge in [0.2, 0.25) is 0 Å². The molecule has 4 nitrogen and oxygen atoms in total. The molecule has 4 heteroatoms. The van der Waals surface area contributed by atoms with Crippen LogP contribution < -0.4 is 19.3 Å². The van der Waals surface area contributed by atoms with E-state index in [0.717, 1.165) is 34.2 Å². The van der Waals surface area contributed by atoms with Crippen molar-refractivity contribution in [2.24, 2.45) is 0 Å². The fourth-order valence-electron chi connectivity index (χ4n) is 8.46. The van der Waals surface area contributed by atoms with Crippen molar-refractivity contribution in [1.82, 2.24) is 0 Å². The first-order chi connectivity index (χ1) is 23.3. The van der Waals surface area contributed by atoms with Crippen molar-refractivity contribution >= 4 is 22.7 Å². The third-order valence-electron chi connectivity index (χ3n) is 10.9. The lowest BCUT2D eigenvalue weighted by Gasteiger charge is -2.26. The minimum absolute atomic E-state index is 0.0705. The van der Waals surface area contributed by atoms with Gasteiger partial charge in [0, 0.05) is 10.8 Å². The number of fused-ring (bicyclic) bond motifs is 8. The molecule has 0 bridgehead atoms. The van der Waals surface area contributed by atoms with E-state index in [2.05, 4.69) is 147 Å². The minimum Gasteiger partial charge on any atom is -0.433 e. The summed E-state index contributed by atoms with van der Waals surface area (Å²) >= 11 is 0. The first-order valence-electron chi connectivity index (χ1n) is 16.7. The molecule has 0 saturated carbocycles. The Labute approximate surface area is 281 Å². The van der Waals surface area contributed by atoms with E-state index in [1.165, 1.54) is 44.5 Å². The zero-order chi connectivity index (χ0) is 32.4. The van der Waals surface area contributed by atoms with Gasteiger partial charge in [-0.1, -0.05) is 113 Å². The predicted octanol–water partition coefficient (Wildman–Crippen LogP) is 11.2. The van der Waals surface area contributed by atoms with Crippen molar-refractivity contribution in [3.05, 3.63) is 167 Å². The van der Waals surface area contributed by atoms with Gasteiger partial charge in [-0.3, -0.25) is 9.80 Å². The van der Waals surface area contributed by atoms with E-state index in [4.69, 9.17) is 9.47 Å². The fourth-order valence-corrected chi connectivity index (χ4v) is 8.46. The molecule has 2 aliphatic heterocycles. The lowest BCUT2D eigenvalue weighted by Crippen LogP contribution is -2.25. The van der Waals surface area contributed by atoms with Crippen molar-refractivity contribution in [2.75, 3.05) is 9.80 Å². The summed E-state index contributed by atoms with van der Waals surface area (Å²) < 4.78 is 13.6. The molecule has 0 aromatic heterocycles. The van der Waals surface area contributed by atoms with Crippen LogP contribution in [0.4, 0.5) is 22.7 Å². The Bertz CT molecular complexity index is 2220. The van der Waals surface area contributed by atoms with Crippen molar-refractivity contribution in [2.45, 2.75) is 38.5 Å². The average Bonchev–Trinajstić information content (AvgIpc) is 3.81. The SMILES string of the molecule is CC1(C)c2ccccc2-c2cc(N3/C(=C4\Oc5ccccc5N4c4ccc5c(c4)-c4ccccc4C5(C)C)Oc4ccccc43)ccc21. The Morgan fingerprint density at radius 2 is 0.771 bits per heavy atom. The van der Waals surface area contributed by atoms with Gasteiger partial charge >= 0.3 is 0 Å². The van der Waals surface area contributed by atoms with Crippen molar-refractivity contribution < 1.29 is 9.47 Å². The number of hydrogen-bond donors (Lipinski definition) is 0. The summed E-state index contributed by atoms with van der Waals surface area (Å²) in [5.41, 5.74) is 14.3. The first kappa shape index (κ1) is 27.4. The second-order valence-electron chi connectivity index (χ2n) is 14.2. The van der Waals surface area contributed by atoms with Crippen LogP contribution in [-0.4, -0.2) is 0 Å². The third-order valence-corrected chi connectivity index (χ3v) is 10.9. The molecule has 2 aliphatic carbocycles. The van der Waals surface area contributed by atoms with Crippen LogP contribution >= 0.6 is 0 Å². The third kappa shape index (κ3) is 3.55. The quantitative estimate of drug-likeness (QED) is 0.192. The van der Waals surface area contributed by atoms with Crippen molar-refractivity contribution in [3.63, 3.8) is 0 Å².